The first-order valence-corrected chi connectivity index (χ1v) is 10.2. The Bertz CT molecular complexity index is 819. The van der Waals surface area contributed by atoms with Gasteiger partial charge < -0.3 is 24.8 Å². The molecule has 7 heteroatoms. The van der Waals surface area contributed by atoms with Crippen molar-refractivity contribution in [2.45, 2.75) is 13.1 Å². The van der Waals surface area contributed by atoms with Crippen LogP contribution in [0, 0.1) is 0 Å². The van der Waals surface area contributed by atoms with E-state index in [4.69, 9.17) is 4.74 Å². The highest BCUT2D eigenvalue weighted by molar-refractivity contribution is 14.0. The van der Waals surface area contributed by atoms with E-state index in [1.54, 1.807) is 7.11 Å². The number of aliphatic imine (C=N–C) groups is 1. The number of benzene rings is 2. The number of nitrogens with one attached hydrogen (secondary N) is 1. The van der Waals surface area contributed by atoms with Crippen molar-refractivity contribution >= 4 is 35.6 Å². The van der Waals surface area contributed by atoms with Gasteiger partial charge in [0.25, 0.3) is 0 Å². The number of para-hydroxylation sites is 2. The molecule has 0 bridgehead atoms. The SMILES string of the molecule is CN=C(NCc1ccccc1CN(C)C)N1CCN(c2ccccc2OC)CC1.I. The molecule has 0 radical (unpaired) electrons. The quantitative estimate of drug-likeness (QED) is 0.358. The molecule has 0 spiro atoms. The predicted octanol–water partition coefficient (Wildman–Crippen LogP) is 3.27. The second-order valence-electron chi connectivity index (χ2n) is 7.55. The second-order valence-corrected chi connectivity index (χ2v) is 7.55. The van der Waals surface area contributed by atoms with Crippen molar-refractivity contribution in [3.63, 3.8) is 0 Å². The molecule has 3 rings (SSSR count). The lowest BCUT2D eigenvalue weighted by atomic mass is 10.1. The molecule has 6 nitrogen and oxygen atoms in total. The Morgan fingerprint density at radius 3 is 2.27 bits per heavy atom. The van der Waals surface area contributed by atoms with E-state index < -0.39 is 0 Å². The fraction of sp³-hybridized carbons (Fsp3) is 0.435. The van der Waals surface area contributed by atoms with Crippen LogP contribution in [0.5, 0.6) is 5.75 Å². The van der Waals surface area contributed by atoms with E-state index in [9.17, 15) is 0 Å². The Morgan fingerprint density at radius 1 is 1.00 bits per heavy atom. The third kappa shape index (κ3) is 6.25. The normalized spacial score (nSPS) is 14.5. The predicted molar refractivity (Wildman–Crippen MR) is 136 cm³/mol. The molecule has 1 aliphatic rings. The van der Waals surface area contributed by atoms with Crippen LogP contribution < -0.4 is 15.0 Å². The van der Waals surface area contributed by atoms with Gasteiger partial charge in [0.05, 0.1) is 12.8 Å². The summed E-state index contributed by atoms with van der Waals surface area (Å²) in [5.74, 6) is 1.89. The summed E-state index contributed by atoms with van der Waals surface area (Å²) in [6, 6.07) is 16.8. The molecular formula is C23H34IN5O. The molecule has 164 valence electrons. The van der Waals surface area contributed by atoms with Gasteiger partial charge in [-0.1, -0.05) is 36.4 Å². The zero-order chi connectivity index (χ0) is 20.6. The summed E-state index contributed by atoms with van der Waals surface area (Å²) in [5, 5.41) is 3.56. The summed E-state index contributed by atoms with van der Waals surface area (Å²) in [7, 11) is 7.80. The number of guanidine groups is 1. The number of piperazine rings is 1. The van der Waals surface area contributed by atoms with E-state index in [0.29, 0.717) is 0 Å². The van der Waals surface area contributed by atoms with Crippen molar-refractivity contribution < 1.29 is 4.74 Å². The molecule has 30 heavy (non-hydrogen) atoms. The molecule has 0 saturated carbocycles. The molecule has 1 aliphatic heterocycles. The molecule has 0 unspecified atom stereocenters. The lowest BCUT2D eigenvalue weighted by Gasteiger charge is -2.38. The highest BCUT2D eigenvalue weighted by Gasteiger charge is 2.21. The maximum Gasteiger partial charge on any atom is 0.194 e. The fourth-order valence-corrected chi connectivity index (χ4v) is 3.78. The molecule has 2 aromatic carbocycles. The molecular weight excluding hydrogens is 489 g/mol. The number of ether oxygens (including phenoxy) is 1. The van der Waals surface area contributed by atoms with E-state index in [1.165, 1.54) is 11.1 Å². The number of methoxy groups -OCH3 is 1. The zero-order valence-corrected chi connectivity index (χ0v) is 20.8. The van der Waals surface area contributed by atoms with Gasteiger partial charge in [-0.3, -0.25) is 4.99 Å². The van der Waals surface area contributed by atoms with Gasteiger partial charge >= 0.3 is 0 Å². The van der Waals surface area contributed by atoms with Crippen molar-refractivity contribution in [1.29, 1.82) is 0 Å². The summed E-state index contributed by atoms with van der Waals surface area (Å²) in [4.78, 5) is 11.4. The van der Waals surface area contributed by atoms with Crippen LogP contribution in [0.4, 0.5) is 5.69 Å². The van der Waals surface area contributed by atoms with E-state index in [-0.39, 0.29) is 24.0 Å². The standard InChI is InChI=1S/C23H33N5O.HI/c1-24-23(25-17-19-9-5-6-10-20(19)18-26(2)3)28-15-13-27(14-16-28)21-11-7-8-12-22(21)29-4;/h5-12H,13-18H2,1-4H3,(H,24,25);1H. The van der Waals surface area contributed by atoms with Gasteiger partial charge in [0, 0.05) is 46.3 Å². The van der Waals surface area contributed by atoms with Crippen LogP contribution >= 0.6 is 24.0 Å². The number of rotatable bonds is 6. The molecule has 2 aromatic rings. The number of anilines is 1. The van der Waals surface area contributed by atoms with Crippen LogP contribution in [0.3, 0.4) is 0 Å². The summed E-state index contributed by atoms with van der Waals surface area (Å²) in [6.45, 7) is 5.46. The lowest BCUT2D eigenvalue weighted by molar-refractivity contribution is 0.366. The topological polar surface area (TPSA) is 43.3 Å². The van der Waals surface area contributed by atoms with E-state index in [0.717, 1.165) is 56.7 Å². The third-order valence-electron chi connectivity index (χ3n) is 5.26. The first-order valence-electron chi connectivity index (χ1n) is 10.2. The van der Waals surface area contributed by atoms with Crippen LogP contribution in [-0.2, 0) is 13.1 Å². The highest BCUT2D eigenvalue weighted by Crippen LogP contribution is 2.28. The van der Waals surface area contributed by atoms with Crippen LogP contribution in [0.25, 0.3) is 0 Å². The molecule has 0 aromatic heterocycles. The molecule has 1 N–H and O–H groups in total. The van der Waals surface area contributed by atoms with Gasteiger partial charge in [-0.2, -0.15) is 0 Å². The van der Waals surface area contributed by atoms with Gasteiger partial charge in [-0.15, -0.1) is 24.0 Å². The number of nitrogens with zero attached hydrogens (tertiary/aromatic N) is 4. The maximum atomic E-state index is 5.53. The number of hydrogen-bond acceptors (Lipinski definition) is 4. The van der Waals surface area contributed by atoms with Crippen molar-refractivity contribution in [2.75, 3.05) is 59.3 Å². The minimum absolute atomic E-state index is 0. The molecule has 0 aliphatic carbocycles. The van der Waals surface area contributed by atoms with E-state index in [2.05, 4.69) is 75.5 Å². The molecule has 0 amide bonds. The highest BCUT2D eigenvalue weighted by atomic mass is 127. The Morgan fingerprint density at radius 2 is 1.63 bits per heavy atom. The van der Waals surface area contributed by atoms with Gasteiger partial charge in [-0.25, -0.2) is 0 Å². The van der Waals surface area contributed by atoms with Crippen molar-refractivity contribution in [3.8, 4) is 5.75 Å². The molecule has 1 saturated heterocycles. The Labute approximate surface area is 197 Å². The zero-order valence-electron chi connectivity index (χ0n) is 18.5. The smallest absolute Gasteiger partial charge is 0.194 e. The van der Waals surface area contributed by atoms with Crippen molar-refractivity contribution in [2.24, 2.45) is 4.99 Å². The average molecular weight is 523 g/mol. The summed E-state index contributed by atoms with van der Waals surface area (Å²) in [5.41, 5.74) is 3.83. The van der Waals surface area contributed by atoms with Crippen LogP contribution in [-0.4, -0.2) is 70.2 Å². The minimum Gasteiger partial charge on any atom is -0.495 e. The van der Waals surface area contributed by atoms with Crippen LogP contribution in [0.1, 0.15) is 11.1 Å². The van der Waals surface area contributed by atoms with Crippen molar-refractivity contribution in [3.05, 3.63) is 59.7 Å². The van der Waals surface area contributed by atoms with Crippen LogP contribution in [0.15, 0.2) is 53.5 Å². The largest absolute Gasteiger partial charge is 0.495 e. The van der Waals surface area contributed by atoms with Gasteiger partial charge in [0.1, 0.15) is 5.75 Å². The molecule has 1 heterocycles. The van der Waals surface area contributed by atoms with Gasteiger partial charge in [-0.05, 0) is 37.4 Å². The summed E-state index contributed by atoms with van der Waals surface area (Å²) in [6.07, 6.45) is 0. The summed E-state index contributed by atoms with van der Waals surface area (Å²) < 4.78 is 5.53. The van der Waals surface area contributed by atoms with Crippen molar-refractivity contribution in [1.82, 2.24) is 15.1 Å². The number of halogens is 1. The maximum absolute atomic E-state index is 5.53. The Balaban J connectivity index is 0.00000320. The number of hydrogen-bond donors (Lipinski definition) is 1. The minimum atomic E-state index is 0. The monoisotopic (exact) mass is 523 g/mol. The van der Waals surface area contributed by atoms with Gasteiger partial charge in [0.2, 0.25) is 0 Å². The van der Waals surface area contributed by atoms with Gasteiger partial charge in [0.15, 0.2) is 5.96 Å². The fourth-order valence-electron chi connectivity index (χ4n) is 3.78. The Kier molecular flexibility index (Phi) is 9.71. The first kappa shape index (κ1) is 24.3. The Hall–Kier alpha value is -2.00. The average Bonchev–Trinajstić information content (AvgIpc) is 2.75. The molecule has 0 atom stereocenters. The summed E-state index contributed by atoms with van der Waals surface area (Å²) >= 11 is 0. The lowest BCUT2D eigenvalue weighted by Crippen LogP contribution is -2.52. The molecule has 1 fully saturated rings. The van der Waals surface area contributed by atoms with Crippen LogP contribution in [0.2, 0.25) is 0 Å². The second kappa shape index (κ2) is 12.0. The van der Waals surface area contributed by atoms with E-state index in [1.807, 2.05) is 19.2 Å². The first-order chi connectivity index (χ1) is 14.1. The van der Waals surface area contributed by atoms with E-state index >= 15 is 0 Å². The third-order valence-corrected chi connectivity index (χ3v) is 5.26.